The summed E-state index contributed by atoms with van der Waals surface area (Å²) in [6.45, 7) is 14.4. The van der Waals surface area contributed by atoms with Crippen molar-refractivity contribution in [3.63, 3.8) is 0 Å². The molecule has 0 aromatic carbocycles. The quantitative estimate of drug-likeness (QED) is 0.747. The molecule has 1 aliphatic rings. The summed E-state index contributed by atoms with van der Waals surface area (Å²) in [5.74, 6) is 0. The summed E-state index contributed by atoms with van der Waals surface area (Å²) >= 11 is 0. The van der Waals surface area contributed by atoms with E-state index in [4.69, 9.17) is 0 Å². The number of hydrogen-bond acceptors (Lipinski definition) is 2. The van der Waals surface area contributed by atoms with Gasteiger partial charge in [-0.15, -0.1) is 0 Å². The molecule has 1 aliphatic heterocycles. The first-order valence-electron chi connectivity index (χ1n) is 6.30. The molecule has 0 amide bonds. The number of rotatable bonds is 3. The Morgan fingerprint density at radius 3 is 2.07 bits per heavy atom. The lowest BCUT2D eigenvalue weighted by atomic mass is 10.1. The number of piperidine rings is 1. The van der Waals surface area contributed by atoms with E-state index in [1.165, 1.54) is 38.5 Å². The largest absolute Gasteiger partial charge is 0.332 e. The molecule has 0 radical (unpaired) electrons. The predicted molar refractivity (Wildman–Crippen MR) is 70.7 cm³/mol. The van der Waals surface area contributed by atoms with Crippen molar-refractivity contribution in [2.75, 3.05) is 19.3 Å². The Hall–Kier alpha value is 0.137. The van der Waals surface area contributed by atoms with Crippen LogP contribution in [0.1, 0.15) is 40.0 Å². The third kappa shape index (κ3) is 5.69. The Kier molecular flexibility index (Phi) is 4.38. The van der Waals surface area contributed by atoms with Crippen LogP contribution in [0.4, 0.5) is 0 Å². The van der Waals surface area contributed by atoms with Crippen LogP contribution in [0.25, 0.3) is 0 Å². The normalized spacial score (nSPS) is 20.6. The molecule has 1 fully saturated rings. The molecule has 0 aromatic rings. The Morgan fingerprint density at radius 2 is 1.60 bits per heavy atom. The van der Waals surface area contributed by atoms with Gasteiger partial charge in [-0.05, 0) is 46.7 Å². The van der Waals surface area contributed by atoms with Gasteiger partial charge < -0.3 is 9.88 Å². The van der Waals surface area contributed by atoms with Gasteiger partial charge in [0.1, 0.15) is 8.24 Å². The average Bonchev–Trinajstić information content (AvgIpc) is 1.99. The van der Waals surface area contributed by atoms with Crippen molar-refractivity contribution in [1.82, 2.24) is 9.88 Å². The Bertz CT molecular complexity index is 190. The molecule has 0 aromatic heterocycles. The van der Waals surface area contributed by atoms with Gasteiger partial charge in [0.25, 0.3) is 0 Å². The highest BCUT2D eigenvalue weighted by Gasteiger charge is 2.29. The van der Waals surface area contributed by atoms with E-state index in [9.17, 15) is 0 Å². The molecule has 0 aliphatic carbocycles. The number of nitrogens with one attached hydrogen (secondary N) is 1. The second-order valence-corrected chi connectivity index (χ2v) is 10.9. The highest BCUT2D eigenvalue weighted by atomic mass is 28.3. The highest BCUT2D eigenvalue weighted by molar-refractivity contribution is 6.75. The van der Waals surface area contributed by atoms with Gasteiger partial charge in [-0.3, -0.25) is 0 Å². The van der Waals surface area contributed by atoms with E-state index < -0.39 is 8.24 Å². The lowest BCUT2D eigenvalue weighted by Gasteiger charge is -2.38. The zero-order chi connectivity index (χ0) is 11.5. The SMILES string of the molecule is CC(C)(C)N[Si](C)(C)CN1CCCCC1. The fraction of sp³-hybridized carbons (Fsp3) is 1.00. The first-order chi connectivity index (χ1) is 6.79. The van der Waals surface area contributed by atoms with E-state index in [-0.39, 0.29) is 5.54 Å². The molecule has 0 unspecified atom stereocenters. The van der Waals surface area contributed by atoms with Gasteiger partial charge >= 0.3 is 0 Å². The molecule has 0 bridgehead atoms. The van der Waals surface area contributed by atoms with Crippen molar-refractivity contribution in [1.29, 1.82) is 0 Å². The summed E-state index contributed by atoms with van der Waals surface area (Å²) in [5.41, 5.74) is 0.269. The molecule has 15 heavy (non-hydrogen) atoms. The van der Waals surface area contributed by atoms with Crippen LogP contribution in [-0.4, -0.2) is 37.9 Å². The van der Waals surface area contributed by atoms with Crippen LogP contribution in [0.3, 0.4) is 0 Å². The molecule has 1 N–H and O–H groups in total. The van der Waals surface area contributed by atoms with Crippen molar-refractivity contribution >= 4 is 8.24 Å². The van der Waals surface area contributed by atoms with E-state index in [0.717, 1.165) is 0 Å². The van der Waals surface area contributed by atoms with Crippen LogP contribution in [0, 0.1) is 0 Å². The lowest BCUT2D eigenvalue weighted by molar-refractivity contribution is 0.256. The molecule has 1 rings (SSSR count). The minimum Gasteiger partial charge on any atom is -0.332 e. The Morgan fingerprint density at radius 1 is 1.07 bits per heavy atom. The molecular weight excluding hydrogens is 200 g/mol. The van der Waals surface area contributed by atoms with Gasteiger partial charge in [0.2, 0.25) is 0 Å². The molecule has 0 saturated carbocycles. The van der Waals surface area contributed by atoms with E-state index >= 15 is 0 Å². The van der Waals surface area contributed by atoms with E-state index in [1.807, 2.05) is 0 Å². The molecule has 90 valence electrons. The fourth-order valence-corrected chi connectivity index (χ4v) is 6.27. The van der Waals surface area contributed by atoms with E-state index in [2.05, 4.69) is 43.7 Å². The summed E-state index contributed by atoms with van der Waals surface area (Å²) in [5, 5.41) is 0. The minimum atomic E-state index is -1.25. The van der Waals surface area contributed by atoms with Gasteiger partial charge in [-0.2, -0.15) is 0 Å². The van der Waals surface area contributed by atoms with Gasteiger partial charge in [-0.25, -0.2) is 0 Å². The first kappa shape index (κ1) is 13.2. The van der Waals surface area contributed by atoms with Crippen molar-refractivity contribution in [3.8, 4) is 0 Å². The van der Waals surface area contributed by atoms with Crippen LogP contribution in [-0.2, 0) is 0 Å². The van der Waals surface area contributed by atoms with Crippen molar-refractivity contribution < 1.29 is 0 Å². The summed E-state index contributed by atoms with van der Waals surface area (Å²) in [6.07, 6.45) is 5.55. The summed E-state index contributed by atoms with van der Waals surface area (Å²) < 4.78 is 0. The van der Waals surface area contributed by atoms with Crippen molar-refractivity contribution in [2.24, 2.45) is 0 Å². The maximum Gasteiger partial charge on any atom is 0.133 e. The van der Waals surface area contributed by atoms with Crippen LogP contribution in [0.5, 0.6) is 0 Å². The topological polar surface area (TPSA) is 15.3 Å². The fourth-order valence-electron chi connectivity index (χ4n) is 2.73. The van der Waals surface area contributed by atoms with Gasteiger partial charge in [0.05, 0.1) is 0 Å². The van der Waals surface area contributed by atoms with Gasteiger partial charge in [0.15, 0.2) is 0 Å². The molecule has 2 nitrogen and oxygen atoms in total. The second-order valence-electron chi connectivity index (χ2n) is 6.60. The van der Waals surface area contributed by atoms with Crippen LogP contribution < -0.4 is 4.98 Å². The summed E-state index contributed by atoms with van der Waals surface area (Å²) in [6, 6.07) is 0. The zero-order valence-corrected chi connectivity index (χ0v) is 12.2. The van der Waals surface area contributed by atoms with Crippen LogP contribution >= 0.6 is 0 Å². The molecule has 0 spiro atoms. The smallest absolute Gasteiger partial charge is 0.133 e. The Labute approximate surface area is 96.5 Å². The monoisotopic (exact) mass is 228 g/mol. The maximum absolute atomic E-state index is 3.84. The molecule has 3 heteroatoms. The average molecular weight is 228 g/mol. The van der Waals surface area contributed by atoms with E-state index in [1.54, 1.807) is 0 Å². The number of nitrogens with zero attached hydrogens (tertiary/aromatic N) is 1. The maximum atomic E-state index is 3.84. The second kappa shape index (κ2) is 4.98. The standard InChI is InChI=1S/C12H28N2Si/c1-12(2,3)13-15(4,5)11-14-9-7-6-8-10-14/h13H,6-11H2,1-5H3. The van der Waals surface area contributed by atoms with Crippen molar-refractivity contribution in [2.45, 2.75) is 58.7 Å². The predicted octanol–water partition coefficient (Wildman–Crippen LogP) is 2.60. The van der Waals surface area contributed by atoms with Crippen LogP contribution in [0.2, 0.25) is 13.1 Å². The highest BCUT2D eigenvalue weighted by Crippen LogP contribution is 2.13. The number of likely N-dealkylation sites (tertiary alicyclic amines) is 1. The Balaban J connectivity index is 2.40. The summed E-state index contributed by atoms with van der Waals surface area (Å²) in [4.78, 5) is 6.50. The van der Waals surface area contributed by atoms with E-state index in [0.29, 0.717) is 0 Å². The first-order valence-corrected chi connectivity index (χ1v) is 9.51. The van der Waals surface area contributed by atoms with Gasteiger partial charge in [-0.1, -0.05) is 19.5 Å². The molecular formula is C12H28N2Si. The van der Waals surface area contributed by atoms with Gasteiger partial charge in [0, 0.05) is 11.7 Å². The zero-order valence-electron chi connectivity index (χ0n) is 11.2. The lowest BCUT2D eigenvalue weighted by Crippen LogP contribution is -2.60. The van der Waals surface area contributed by atoms with Crippen molar-refractivity contribution in [3.05, 3.63) is 0 Å². The molecule has 0 atom stereocenters. The molecule has 1 saturated heterocycles. The third-order valence-corrected chi connectivity index (χ3v) is 5.45. The minimum absolute atomic E-state index is 0.269. The molecule has 1 heterocycles. The van der Waals surface area contributed by atoms with Crippen LogP contribution in [0.15, 0.2) is 0 Å². The number of hydrogen-bond donors (Lipinski definition) is 1. The third-order valence-electron chi connectivity index (χ3n) is 2.78. The summed E-state index contributed by atoms with van der Waals surface area (Å²) in [7, 11) is -1.25.